The largest absolute Gasteiger partial charge is 0.416 e. The minimum atomic E-state index is 0.428. The second-order valence-corrected chi connectivity index (χ2v) is 13.3. The molecule has 0 spiro atoms. The van der Waals surface area contributed by atoms with Crippen LogP contribution in [0.2, 0.25) is 0 Å². The Morgan fingerprint density at radius 2 is 0.855 bits per heavy atom. The molecule has 0 fully saturated rings. The van der Waals surface area contributed by atoms with Crippen LogP contribution in [0.1, 0.15) is 0 Å². The van der Waals surface area contributed by atoms with E-state index in [0.717, 1.165) is 88.9 Å². The Morgan fingerprint density at radius 1 is 0.382 bits per heavy atom. The van der Waals surface area contributed by atoms with Crippen LogP contribution in [0.5, 0.6) is 0 Å². The molecule has 0 unspecified atom stereocenters. The molecule has 55 heavy (non-hydrogen) atoms. The van der Waals surface area contributed by atoms with Crippen LogP contribution in [0.25, 0.3) is 101 Å². The van der Waals surface area contributed by atoms with Crippen LogP contribution in [0, 0.1) is 0 Å². The summed E-state index contributed by atoms with van der Waals surface area (Å²) in [7, 11) is 0. The molecule has 11 aromatic rings. The van der Waals surface area contributed by atoms with Crippen molar-refractivity contribution in [3.05, 3.63) is 170 Å². The highest BCUT2D eigenvalue weighted by Crippen LogP contribution is 2.37. The number of benzene rings is 4. The first-order chi connectivity index (χ1) is 27.3. The van der Waals surface area contributed by atoms with Gasteiger partial charge in [0.2, 0.25) is 11.8 Å². The van der Waals surface area contributed by atoms with Crippen molar-refractivity contribution in [2.45, 2.75) is 0 Å². The monoisotopic (exact) mass is 708 g/mol. The maximum absolute atomic E-state index is 6.46. The molecule has 258 valence electrons. The summed E-state index contributed by atoms with van der Waals surface area (Å²) in [4.78, 5) is 18.8. The van der Waals surface area contributed by atoms with Crippen LogP contribution in [-0.4, -0.2) is 39.3 Å². The van der Waals surface area contributed by atoms with Gasteiger partial charge in [-0.2, -0.15) is 0 Å². The second-order valence-electron chi connectivity index (χ2n) is 13.3. The molecule has 9 heteroatoms. The van der Waals surface area contributed by atoms with Crippen LogP contribution >= 0.6 is 0 Å². The quantitative estimate of drug-likeness (QED) is 0.169. The zero-order chi connectivity index (χ0) is 36.3. The molecule has 7 heterocycles. The van der Waals surface area contributed by atoms with Crippen molar-refractivity contribution in [1.29, 1.82) is 0 Å². The normalized spacial score (nSPS) is 11.6. The van der Waals surface area contributed by atoms with E-state index in [2.05, 4.69) is 102 Å². The third-order valence-corrected chi connectivity index (χ3v) is 10.1. The highest BCUT2D eigenvalue weighted by atomic mass is 16.4. The van der Waals surface area contributed by atoms with Crippen molar-refractivity contribution >= 4 is 43.6 Å². The minimum absolute atomic E-state index is 0.428. The molecule has 0 saturated heterocycles. The zero-order valence-electron chi connectivity index (χ0n) is 29.2. The summed E-state index contributed by atoms with van der Waals surface area (Å²) in [6.07, 6.45) is 7.20. The maximum Gasteiger partial charge on any atom is 0.248 e. The van der Waals surface area contributed by atoms with Gasteiger partial charge in [-0.3, -0.25) is 19.1 Å². The number of aromatic nitrogens is 8. The van der Waals surface area contributed by atoms with Crippen LogP contribution in [-0.2, 0) is 0 Å². The number of fused-ring (bicyclic) bond motifs is 6. The van der Waals surface area contributed by atoms with E-state index in [9.17, 15) is 0 Å². The molecule has 11 rings (SSSR count). The second kappa shape index (κ2) is 12.4. The van der Waals surface area contributed by atoms with Crippen molar-refractivity contribution in [2.75, 3.05) is 0 Å². The lowest BCUT2D eigenvalue weighted by atomic mass is 10.1. The molecule has 0 bridgehead atoms. The summed E-state index contributed by atoms with van der Waals surface area (Å²) in [5, 5.41) is 13.6. The third-order valence-electron chi connectivity index (χ3n) is 10.1. The first-order valence-electron chi connectivity index (χ1n) is 17.9. The Balaban J connectivity index is 1.02. The van der Waals surface area contributed by atoms with Gasteiger partial charge in [0.1, 0.15) is 11.6 Å². The van der Waals surface area contributed by atoms with E-state index >= 15 is 0 Å². The van der Waals surface area contributed by atoms with E-state index < -0.39 is 0 Å². The smallest absolute Gasteiger partial charge is 0.248 e. The van der Waals surface area contributed by atoms with Gasteiger partial charge < -0.3 is 4.42 Å². The zero-order valence-corrected chi connectivity index (χ0v) is 29.2. The molecule has 7 aromatic heterocycles. The fraction of sp³-hybridized carbons (Fsp3) is 0. The lowest BCUT2D eigenvalue weighted by Gasteiger charge is -2.09. The molecule has 0 amide bonds. The molecular weight excluding hydrogens is 681 g/mol. The third kappa shape index (κ3) is 5.09. The lowest BCUT2D eigenvalue weighted by Crippen LogP contribution is -1.98. The Morgan fingerprint density at radius 3 is 1.33 bits per heavy atom. The van der Waals surface area contributed by atoms with Gasteiger partial charge in [0.15, 0.2) is 0 Å². The topological polar surface area (TPSA) is 100 Å². The Labute approximate surface area is 313 Å². The molecule has 0 N–H and O–H groups in total. The van der Waals surface area contributed by atoms with E-state index in [1.165, 1.54) is 0 Å². The average molecular weight is 709 g/mol. The van der Waals surface area contributed by atoms with Gasteiger partial charge in [-0.25, -0.2) is 9.97 Å². The van der Waals surface area contributed by atoms with Crippen molar-refractivity contribution < 1.29 is 4.42 Å². The molecule has 0 aliphatic heterocycles. The molecule has 0 aliphatic rings. The van der Waals surface area contributed by atoms with Crippen molar-refractivity contribution in [3.8, 4) is 57.1 Å². The Kier molecular flexibility index (Phi) is 6.96. The van der Waals surface area contributed by atoms with Crippen LogP contribution in [0.15, 0.2) is 175 Å². The van der Waals surface area contributed by atoms with Crippen molar-refractivity contribution in [3.63, 3.8) is 0 Å². The Bertz CT molecular complexity index is 3000. The van der Waals surface area contributed by atoms with Crippen LogP contribution < -0.4 is 0 Å². The number of hydrogen-bond donors (Lipinski definition) is 0. The number of pyridine rings is 4. The molecule has 0 aliphatic carbocycles. The summed E-state index contributed by atoms with van der Waals surface area (Å²) in [5.74, 6) is 2.47. The predicted molar refractivity (Wildman–Crippen MR) is 216 cm³/mol. The molecule has 4 aromatic carbocycles. The SMILES string of the molecule is c1cncc(-c2cccc(-n3c4ccccc4c4ccc(-c5nnc(-c6ccc7c8ccccc8n(-c8cccc(-c9cccnc9)n8)c7c6)o5)cc43)n2)c1. The van der Waals surface area contributed by atoms with Gasteiger partial charge in [0, 0.05) is 68.6 Å². The summed E-state index contributed by atoms with van der Waals surface area (Å²) >= 11 is 0. The van der Waals surface area contributed by atoms with Crippen LogP contribution in [0.3, 0.4) is 0 Å². The number of nitrogens with zero attached hydrogens (tertiary/aromatic N) is 8. The standard InChI is InChI=1S/C46H28N8O/c1-3-15-39-33(11-1)35-21-19-29(25-41(35)53(39)43-17-5-13-37(49-43)31-9-7-23-47-27-31)45-51-52-46(55-45)30-20-22-36-34-12-2-4-16-40(34)54(42(36)26-30)44-18-6-14-38(50-44)32-10-8-24-48-28-32/h1-28H. The molecule has 0 saturated carbocycles. The van der Waals surface area contributed by atoms with Gasteiger partial charge in [-0.05, 0) is 84.9 Å². The fourth-order valence-corrected chi connectivity index (χ4v) is 7.60. The minimum Gasteiger partial charge on any atom is -0.416 e. The first-order valence-corrected chi connectivity index (χ1v) is 17.9. The molecule has 0 atom stereocenters. The molecule has 9 nitrogen and oxygen atoms in total. The highest BCUT2D eigenvalue weighted by molar-refractivity contribution is 6.11. The van der Waals surface area contributed by atoms with Gasteiger partial charge in [0.05, 0.1) is 33.5 Å². The predicted octanol–water partition coefficient (Wildman–Crippen LogP) is 10.5. The summed E-state index contributed by atoms with van der Waals surface area (Å²) in [6.45, 7) is 0. The van der Waals surface area contributed by atoms with Gasteiger partial charge >= 0.3 is 0 Å². The van der Waals surface area contributed by atoms with Crippen molar-refractivity contribution in [1.82, 2.24) is 39.3 Å². The van der Waals surface area contributed by atoms with Gasteiger partial charge in [-0.15, -0.1) is 10.2 Å². The Hall–Kier alpha value is -7.78. The summed E-state index contributed by atoms with van der Waals surface area (Å²) < 4.78 is 10.8. The number of para-hydroxylation sites is 2. The van der Waals surface area contributed by atoms with E-state index in [4.69, 9.17) is 14.4 Å². The molecular formula is C46H28N8O. The van der Waals surface area contributed by atoms with E-state index in [-0.39, 0.29) is 0 Å². The summed E-state index contributed by atoms with van der Waals surface area (Å²) in [6, 6.07) is 49.3. The lowest BCUT2D eigenvalue weighted by molar-refractivity contribution is 0.584. The van der Waals surface area contributed by atoms with E-state index in [1.807, 2.05) is 85.2 Å². The van der Waals surface area contributed by atoms with Crippen LogP contribution in [0.4, 0.5) is 0 Å². The highest BCUT2D eigenvalue weighted by Gasteiger charge is 2.19. The van der Waals surface area contributed by atoms with E-state index in [0.29, 0.717) is 11.8 Å². The first kappa shape index (κ1) is 30.8. The van der Waals surface area contributed by atoms with E-state index in [1.54, 1.807) is 12.4 Å². The number of rotatable bonds is 6. The maximum atomic E-state index is 6.46. The fourth-order valence-electron chi connectivity index (χ4n) is 7.60. The molecule has 0 radical (unpaired) electrons. The van der Waals surface area contributed by atoms with Gasteiger partial charge in [0.25, 0.3) is 0 Å². The average Bonchev–Trinajstić information content (AvgIpc) is 3.97. The van der Waals surface area contributed by atoms with Gasteiger partial charge in [-0.1, -0.05) is 60.7 Å². The summed E-state index contributed by atoms with van der Waals surface area (Å²) in [5.41, 5.74) is 9.32. The van der Waals surface area contributed by atoms with Crippen molar-refractivity contribution in [2.24, 2.45) is 0 Å². The number of hydrogen-bond acceptors (Lipinski definition) is 7.